The second-order valence-electron chi connectivity index (χ2n) is 9.08. The van der Waals surface area contributed by atoms with E-state index in [0.717, 1.165) is 43.7 Å². The molecule has 4 heterocycles. The fraction of sp³-hybridized carbons (Fsp3) is 0.500. The van der Waals surface area contributed by atoms with Crippen molar-refractivity contribution in [3.8, 4) is 0 Å². The van der Waals surface area contributed by atoms with E-state index in [1.165, 1.54) is 24.0 Å². The SMILES string of the molecule is CCOC(=O)[C@](C(N)=O)(C(=O)C(CCc1ccc2c(n1)NCCC2)N1CCCC1)c1cccnc1. The van der Waals surface area contributed by atoms with Gasteiger partial charge in [0.25, 0.3) is 0 Å². The topological polar surface area (TPSA) is 128 Å². The number of nitrogens with one attached hydrogen (secondary N) is 1. The number of primary amides is 1. The molecule has 2 atom stereocenters. The lowest BCUT2D eigenvalue weighted by atomic mass is 9.73. The number of amides is 1. The third-order valence-electron chi connectivity index (χ3n) is 6.93. The highest BCUT2D eigenvalue weighted by atomic mass is 16.5. The zero-order chi connectivity index (χ0) is 24.8. The highest BCUT2D eigenvalue weighted by Crippen LogP contribution is 2.32. The van der Waals surface area contributed by atoms with Gasteiger partial charge in [-0.1, -0.05) is 12.1 Å². The first-order valence-electron chi connectivity index (χ1n) is 12.4. The number of nitrogens with zero attached hydrogens (tertiary/aromatic N) is 3. The van der Waals surface area contributed by atoms with E-state index in [1.807, 2.05) is 11.0 Å². The number of anilines is 1. The molecule has 2 aromatic rings. The number of ketones is 1. The van der Waals surface area contributed by atoms with Crippen LogP contribution in [0.5, 0.6) is 0 Å². The van der Waals surface area contributed by atoms with Crippen LogP contribution in [0.4, 0.5) is 5.82 Å². The minimum atomic E-state index is -2.26. The van der Waals surface area contributed by atoms with Gasteiger partial charge in [-0.3, -0.25) is 24.3 Å². The molecular weight excluding hydrogens is 446 g/mol. The highest BCUT2D eigenvalue weighted by molar-refractivity contribution is 6.28. The Morgan fingerprint density at radius 2 is 2.00 bits per heavy atom. The maximum Gasteiger partial charge on any atom is 0.334 e. The molecule has 4 rings (SSSR count). The normalized spacial score (nSPS) is 18.1. The van der Waals surface area contributed by atoms with E-state index < -0.39 is 29.1 Å². The second kappa shape index (κ2) is 10.9. The Kier molecular flexibility index (Phi) is 7.75. The molecule has 1 amide bonds. The number of aromatic nitrogens is 2. The number of carbonyl (C=O) groups is 3. The number of hydrogen-bond donors (Lipinski definition) is 2. The summed E-state index contributed by atoms with van der Waals surface area (Å²) in [7, 11) is 0. The van der Waals surface area contributed by atoms with Crippen LogP contribution in [0.1, 0.15) is 49.4 Å². The molecule has 1 saturated heterocycles. The summed E-state index contributed by atoms with van der Waals surface area (Å²) >= 11 is 0. The lowest BCUT2D eigenvalue weighted by molar-refractivity contribution is -0.159. The Morgan fingerprint density at radius 3 is 2.69 bits per heavy atom. The molecule has 2 aliphatic rings. The quantitative estimate of drug-likeness (QED) is 0.390. The Morgan fingerprint density at radius 1 is 1.20 bits per heavy atom. The van der Waals surface area contributed by atoms with E-state index in [9.17, 15) is 14.4 Å². The fourth-order valence-electron chi connectivity index (χ4n) is 5.12. The van der Waals surface area contributed by atoms with Crippen LogP contribution in [0.25, 0.3) is 0 Å². The molecule has 186 valence electrons. The molecule has 1 fully saturated rings. The van der Waals surface area contributed by atoms with E-state index >= 15 is 0 Å². The molecule has 9 nitrogen and oxygen atoms in total. The van der Waals surface area contributed by atoms with Crippen molar-refractivity contribution in [1.82, 2.24) is 14.9 Å². The first kappa shape index (κ1) is 24.8. The Labute approximate surface area is 205 Å². The van der Waals surface area contributed by atoms with Crippen molar-refractivity contribution >= 4 is 23.5 Å². The van der Waals surface area contributed by atoms with Crippen LogP contribution in [-0.2, 0) is 37.4 Å². The van der Waals surface area contributed by atoms with Gasteiger partial charge < -0.3 is 15.8 Å². The number of nitrogens with two attached hydrogens (primary N) is 1. The number of Topliss-reactive ketones (excluding diaryl/α,β-unsaturated/α-hetero) is 1. The molecule has 35 heavy (non-hydrogen) atoms. The maximum atomic E-state index is 14.3. The monoisotopic (exact) mass is 479 g/mol. The molecule has 9 heteroatoms. The van der Waals surface area contributed by atoms with Crippen LogP contribution < -0.4 is 11.1 Å². The Hall–Kier alpha value is -3.33. The van der Waals surface area contributed by atoms with E-state index in [1.54, 1.807) is 13.0 Å². The molecule has 0 saturated carbocycles. The third kappa shape index (κ3) is 4.91. The van der Waals surface area contributed by atoms with Crippen LogP contribution >= 0.6 is 0 Å². The van der Waals surface area contributed by atoms with Crippen LogP contribution in [0.3, 0.4) is 0 Å². The average molecular weight is 480 g/mol. The molecule has 0 bridgehead atoms. The first-order valence-corrected chi connectivity index (χ1v) is 12.4. The van der Waals surface area contributed by atoms with E-state index in [-0.39, 0.29) is 12.2 Å². The van der Waals surface area contributed by atoms with Gasteiger partial charge in [0.2, 0.25) is 11.3 Å². The number of carbonyl (C=O) groups excluding carboxylic acids is 3. The number of ether oxygens (including phenoxy) is 1. The van der Waals surface area contributed by atoms with Crippen molar-refractivity contribution in [2.45, 2.75) is 56.9 Å². The average Bonchev–Trinajstić information content (AvgIpc) is 3.40. The summed E-state index contributed by atoms with van der Waals surface area (Å²) in [5.74, 6) is -1.67. The summed E-state index contributed by atoms with van der Waals surface area (Å²) in [6.07, 6.45) is 7.75. The summed E-state index contributed by atoms with van der Waals surface area (Å²) in [6, 6.07) is 6.49. The van der Waals surface area contributed by atoms with Crippen molar-refractivity contribution in [2.75, 3.05) is 31.6 Å². The largest absolute Gasteiger partial charge is 0.465 e. The van der Waals surface area contributed by atoms with Gasteiger partial charge in [0, 0.05) is 30.2 Å². The van der Waals surface area contributed by atoms with Gasteiger partial charge in [0.1, 0.15) is 5.82 Å². The zero-order valence-electron chi connectivity index (χ0n) is 20.2. The van der Waals surface area contributed by atoms with Crippen LogP contribution in [0.2, 0.25) is 0 Å². The van der Waals surface area contributed by atoms with Gasteiger partial charge in [-0.25, -0.2) is 4.98 Å². The number of hydrogen-bond acceptors (Lipinski definition) is 8. The van der Waals surface area contributed by atoms with Gasteiger partial charge in [0.05, 0.1) is 12.6 Å². The fourth-order valence-corrected chi connectivity index (χ4v) is 5.12. The van der Waals surface area contributed by atoms with E-state index in [4.69, 9.17) is 15.5 Å². The predicted octanol–water partition coefficient (Wildman–Crippen LogP) is 1.79. The molecule has 1 unspecified atom stereocenters. The van der Waals surface area contributed by atoms with Crippen molar-refractivity contribution < 1.29 is 19.1 Å². The van der Waals surface area contributed by atoms with Crippen molar-refractivity contribution in [2.24, 2.45) is 5.73 Å². The number of pyridine rings is 2. The lowest BCUT2D eigenvalue weighted by Crippen LogP contribution is -2.60. The highest BCUT2D eigenvalue weighted by Gasteiger charge is 2.57. The smallest absolute Gasteiger partial charge is 0.334 e. The Balaban J connectivity index is 1.69. The Bertz CT molecular complexity index is 1070. The van der Waals surface area contributed by atoms with Gasteiger partial charge in [-0.05, 0) is 76.2 Å². The summed E-state index contributed by atoms with van der Waals surface area (Å²) in [6.45, 7) is 3.96. The maximum absolute atomic E-state index is 14.3. The second-order valence-corrected chi connectivity index (χ2v) is 9.08. The zero-order valence-corrected chi connectivity index (χ0v) is 20.2. The third-order valence-corrected chi connectivity index (χ3v) is 6.93. The van der Waals surface area contributed by atoms with Gasteiger partial charge >= 0.3 is 5.97 Å². The number of fused-ring (bicyclic) bond motifs is 1. The van der Waals surface area contributed by atoms with Gasteiger partial charge in [0.15, 0.2) is 5.78 Å². The van der Waals surface area contributed by atoms with Crippen LogP contribution in [0.15, 0.2) is 36.7 Å². The molecule has 0 aliphatic carbocycles. The lowest BCUT2D eigenvalue weighted by Gasteiger charge is -2.34. The summed E-state index contributed by atoms with van der Waals surface area (Å²) < 4.78 is 5.25. The van der Waals surface area contributed by atoms with Crippen molar-refractivity contribution in [3.05, 3.63) is 53.5 Å². The minimum absolute atomic E-state index is 0.0157. The van der Waals surface area contributed by atoms with E-state index in [0.29, 0.717) is 25.9 Å². The number of rotatable bonds is 10. The first-order chi connectivity index (χ1) is 17.0. The van der Waals surface area contributed by atoms with Gasteiger partial charge in [-0.15, -0.1) is 0 Å². The van der Waals surface area contributed by atoms with Crippen molar-refractivity contribution in [1.29, 1.82) is 0 Å². The molecule has 3 N–H and O–H groups in total. The summed E-state index contributed by atoms with van der Waals surface area (Å²) in [4.78, 5) is 51.4. The van der Waals surface area contributed by atoms with E-state index in [2.05, 4.69) is 16.4 Å². The minimum Gasteiger partial charge on any atom is -0.465 e. The summed E-state index contributed by atoms with van der Waals surface area (Å²) in [5.41, 5.74) is 5.75. The molecule has 0 aromatic carbocycles. The summed E-state index contributed by atoms with van der Waals surface area (Å²) in [5, 5.41) is 3.34. The van der Waals surface area contributed by atoms with Crippen LogP contribution in [-0.4, -0.2) is 64.8 Å². The molecular formula is C26H33N5O4. The predicted molar refractivity (Wildman–Crippen MR) is 131 cm³/mol. The van der Waals surface area contributed by atoms with Crippen molar-refractivity contribution in [3.63, 3.8) is 0 Å². The number of esters is 1. The molecule has 0 spiro atoms. The van der Waals surface area contributed by atoms with Gasteiger partial charge in [-0.2, -0.15) is 0 Å². The molecule has 2 aromatic heterocycles. The molecule has 0 radical (unpaired) electrons. The number of aryl methyl sites for hydroxylation is 2. The van der Waals surface area contributed by atoms with Crippen LogP contribution in [0, 0.1) is 0 Å². The standard InChI is InChI=1S/C26H33N5O4/c1-2-35-25(34)26(24(27)33,19-8-6-13-28-17-19)22(32)21(31-15-3-4-16-31)12-11-20-10-9-18-7-5-14-29-23(18)30-20/h6,8-10,13,17,21H,2-5,7,11-12,14-16H2,1H3,(H2,27,33)(H,29,30)/t21?,26-/m0/s1. The number of likely N-dealkylation sites (tertiary alicyclic amines) is 1. The molecule has 2 aliphatic heterocycles.